The zero-order valence-corrected chi connectivity index (χ0v) is 14.6. The molecule has 0 radical (unpaired) electrons. The van der Waals surface area contributed by atoms with Crippen molar-refractivity contribution in [1.82, 2.24) is 0 Å². The van der Waals surface area contributed by atoms with Crippen LogP contribution in [0.1, 0.15) is 38.0 Å². The van der Waals surface area contributed by atoms with Crippen LogP contribution in [0.25, 0.3) is 0 Å². The van der Waals surface area contributed by atoms with Crippen molar-refractivity contribution in [2.75, 3.05) is 4.90 Å². The predicted molar refractivity (Wildman–Crippen MR) is 91.7 cm³/mol. The first-order valence-corrected chi connectivity index (χ1v) is 7.52. The molecule has 1 aliphatic heterocycles. The Morgan fingerprint density at radius 2 is 1.40 bits per heavy atom. The van der Waals surface area contributed by atoms with E-state index in [2.05, 4.69) is 0 Å². The third-order valence-corrected chi connectivity index (χ3v) is 3.77. The Balaban J connectivity index is 0.000000214. The Bertz CT molecular complexity index is 845. The zero-order valence-electron chi connectivity index (χ0n) is 13.5. The minimum Gasteiger partial charge on any atom is -0.352 e. The van der Waals surface area contributed by atoms with Crippen molar-refractivity contribution in [2.45, 2.75) is 6.92 Å². The van der Waals surface area contributed by atoms with E-state index in [1.165, 1.54) is 4.90 Å². The normalized spacial score (nSPS) is 12.1. The average Bonchev–Trinajstić information content (AvgIpc) is 3.31. The van der Waals surface area contributed by atoms with E-state index in [0.29, 0.717) is 16.8 Å². The monoisotopic (exact) mass is 373 g/mol. The maximum atomic E-state index is 12.0. The molecule has 4 rings (SSSR count). The summed E-state index contributed by atoms with van der Waals surface area (Å²) in [6.45, 7) is 1.56. The average molecular weight is 373 g/mol. The Hall–Kier alpha value is -2.75. The zero-order chi connectivity index (χ0) is 17.1. The second kappa shape index (κ2) is 7.88. The Kier molecular flexibility index (Phi) is 5.86. The number of imide groups is 1. The fourth-order valence-corrected chi connectivity index (χ4v) is 2.55. The molecule has 25 heavy (non-hydrogen) atoms. The second-order valence-electron chi connectivity index (χ2n) is 5.36. The molecule has 0 saturated heterocycles. The van der Waals surface area contributed by atoms with Crippen molar-refractivity contribution in [3.63, 3.8) is 0 Å². The van der Waals surface area contributed by atoms with Crippen LogP contribution in [0.5, 0.6) is 0 Å². The molecule has 0 saturated carbocycles. The quantitative estimate of drug-likeness (QED) is 0.297. The molecule has 0 aromatic heterocycles. The molecular formula is C20H15FeNO3. The van der Waals surface area contributed by atoms with Gasteiger partial charge in [0.25, 0.3) is 11.8 Å². The first kappa shape index (κ1) is 18.6. The van der Waals surface area contributed by atoms with Gasteiger partial charge in [-0.3, -0.25) is 14.5 Å². The van der Waals surface area contributed by atoms with Gasteiger partial charge < -0.3 is 4.79 Å². The molecule has 0 unspecified atom stereocenters. The summed E-state index contributed by atoms with van der Waals surface area (Å²) in [6.07, 6.45) is 0. The summed E-state index contributed by atoms with van der Waals surface area (Å²) in [5, 5.41) is 0. The molecule has 0 atom stereocenters. The number of fused-ring (bicyclic) bond motifs is 1. The molecule has 4 nitrogen and oxygen atoms in total. The second-order valence-corrected chi connectivity index (χ2v) is 5.36. The molecule has 2 amide bonds. The van der Waals surface area contributed by atoms with Crippen LogP contribution in [-0.4, -0.2) is 17.6 Å². The smallest absolute Gasteiger partial charge is 0.352 e. The summed E-state index contributed by atoms with van der Waals surface area (Å²) in [5.74, 6) is -0.353. The van der Waals surface area contributed by atoms with E-state index >= 15 is 0 Å². The minimum absolute atomic E-state index is 0. The third kappa shape index (κ3) is 3.68. The van der Waals surface area contributed by atoms with Crippen molar-refractivity contribution in [3.8, 4) is 0 Å². The van der Waals surface area contributed by atoms with Gasteiger partial charge in [-0.25, -0.2) is 6.07 Å². The van der Waals surface area contributed by atoms with Gasteiger partial charge in [-0.15, -0.1) is 17.7 Å². The summed E-state index contributed by atoms with van der Waals surface area (Å²) < 4.78 is 0. The number of carbonyl (C=O) groups excluding carboxylic acids is 3. The molecule has 1 aliphatic rings. The first-order chi connectivity index (χ1) is 11.6. The van der Waals surface area contributed by atoms with Crippen LogP contribution in [0.2, 0.25) is 0 Å². The molecule has 3 aromatic rings. The number of nitrogens with zero attached hydrogens (tertiary/aromatic N) is 1. The maximum Gasteiger partial charge on any atom is 2.00 e. The summed E-state index contributed by atoms with van der Waals surface area (Å²) >= 11 is 0. The molecule has 5 heteroatoms. The van der Waals surface area contributed by atoms with Gasteiger partial charge >= 0.3 is 17.1 Å². The van der Waals surface area contributed by atoms with Gasteiger partial charge in [0.1, 0.15) is 0 Å². The van der Waals surface area contributed by atoms with E-state index < -0.39 is 0 Å². The number of anilines is 1. The van der Waals surface area contributed by atoms with Crippen LogP contribution < -0.4 is 4.90 Å². The number of benzene rings is 1. The molecule has 0 bridgehead atoms. The van der Waals surface area contributed by atoms with Gasteiger partial charge in [0.05, 0.1) is 16.9 Å². The van der Waals surface area contributed by atoms with E-state index in [4.69, 9.17) is 0 Å². The number of carbonyl (C=O) groups is 3. The van der Waals surface area contributed by atoms with Crippen LogP contribution in [0.3, 0.4) is 0 Å². The molecule has 0 aliphatic carbocycles. The van der Waals surface area contributed by atoms with Gasteiger partial charge in [0.15, 0.2) is 0 Å². The van der Waals surface area contributed by atoms with Crippen LogP contribution in [0, 0.1) is 0 Å². The number of Topliss-reactive ketones (excluding diaryl/α,β-unsaturated/α-hetero) is 1. The number of ketones is 1. The maximum absolute atomic E-state index is 12.0. The van der Waals surface area contributed by atoms with Gasteiger partial charge in [0.2, 0.25) is 0 Å². The van der Waals surface area contributed by atoms with E-state index in [0.717, 1.165) is 5.56 Å². The number of hydrogen-bond donors (Lipinski definition) is 0. The van der Waals surface area contributed by atoms with Crippen molar-refractivity contribution < 1.29 is 31.5 Å². The Labute approximate surface area is 156 Å². The molecule has 0 spiro atoms. The van der Waals surface area contributed by atoms with Crippen LogP contribution in [0.15, 0.2) is 72.8 Å². The van der Waals surface area contributed by atoms with Crippen LogP contribution >= 0.6 is 0 Å². The summed E-state index contributed by atoms with van der Waals surface area (Å²) in [6, 6.07) is 21.3. The Morgan fingerprint density at radius 3 is 1.80 bits per heavy atom. The molecular weight excluding hydrogens is 358 g/mol. The Morgan fingerprint density at radius 1 is 0.840 bits per heavy atom. The van der Waals surface area contributed by atoms with E-state index in [-0.39, 0.29) is 34.7 Å². The standard InChI is InChI=1S/C13H8NO2.C7H7O.Fe/c15-12-10-7-3-4-8-11(10)13(16)14(12)9-5-1-2-6-9;1-6(8)7-4-2-3-5-7;/h1-8H;2-5H,1H3;/q2*-1;+2. The van der Waals surface area contributed by atoms with Gasteiger partial charge in [-0.1, -0.05) is 17.8 Å². The first-order valence-electron chi connectivity index (χ1n) is 7.52. The largest absolute Gasteiger partial charge is 2.00 e. The topological polar surface area (TPSA) is 54.5 Å². The summed E-state index contributed by atoms with van der Waals surface area (Å²) in [5.41, 5.74) is 2.39. The number of amides is 2. The van der Waals surface area contributed by atoms with Crippen molar-refractivity contribution in [1.29, 1.82) is 0 Å². The molecule has 3 aromatic carbocycles. The van der Waals surface area contributed by atoms with Gasteiger partial charge in [-0.05, 0) is 19.1 Å². The summed E-state index contributed by atoms with van der Waals surface area (Å²) in [4.78, 5) is 35.7. The fraction of sp³-hybridized carbons (Fsp3) is 0.0500. The van der Waals surface area contributed by atoms with E-state index in [1.54, 1.807) is 55.5 Å². The van der Waals surface area contributed by atoms with Gasteiger partial charge in [-0.2, -0.15) is 30.3 Å². The van der Waals surface area contributed by atoms with Crippen molar-refractivity contribution in [2.24, 2.45) is 0 Å². The molecule has 1 heterocycles. The molecule has 0 N–H and O–H groups in total. The molecule has 126 valence electrons. The van der Waals surface area contributed by atoms with Gasteiger partial charge in [0, 0.05) is 0 Å². The van der Waals surface area contributed by atoms with E-state index in [1.807, 2.05) is 24.3 Å². The minimum atomic E-state index is -0.244. The third-order valence-electron chi connectivity index (χ3n) is 3.77. The predicted octanol–water partition coefficient (Wildman–Crippen LogP) is 3.81. The summed E-state index contributed by atoms with van der Waals surface area (Å²) in [7, 11) is 0. The van der Waals surface area contributed by atoms with Crippen LogP contribution in [-0.2, 0) is 17.1 Å². The van der Waals surface area contributed by atoms with Crippen molar-refractivity contribution >= 4 is 23.3 Å². The number of rotatable bonds is 2. The molecule has 0 fully saturated rings. The fourth-order valence-electron chi connectivity index (χ4n) is 2.55. The van der Waals surface area contributed by atoms with Crippen molar-refractivity contribution in [3.05, 3.63) is 89.5 Å². The SMILES string of the molecule is CC(=O)c1ccc[cH-]1.O=C1c2ccccc2C(=O)N1c1ccc[cH-]1.[Fe+2]. The van der Waals surface area contributed by atoms with Crippen LogP contribution in [0.4, 0.5) is 5.69 Å². The van der Waals surface area contributed by atoms with E-state index in [9.17, 15) is 14.4 Å². The number of hydrogen-bond acceptors (Lipinski definition) is 3.